The first-order chi connectivity index (χ1) is 8.58. The highest BCUT2D eigenvalue weighted by atomic mass is 16.1. The number of nitrogens with zero attached hydrogens (tertiary/aromatic N) is 2. The Hall–Kier alpha value is -2.04. The quantitative estimate of drug-likeness (QED) is 0.601. The summed E-state index contributed by atoms with van der Waals surface area (Å²) in [6.07, 6.45) is 0. The molecule has 4 N–H and O–H groups in total. The van der Waals surface area contributed by atoms with E-state index >= 15 is 0 Å². The number of guanidine groups is 1. The van der Waals surface area contributed by atoms with Gasteiger partial charge in [-0.05, 0) is 31.5 Å². The average Bonchev–Trinajstić information content (AvgIpc) is 2.38. The highest BCUT2D eigenvalue weighted by molar-refractivity contribution is 5.92. The number of benzene rings is 1. The Labute approximate surface area is 107 Å². The minimum atomic E-state index is -0.433. The van der Waals surface area contributed by atoms with Gasteiger partial charge in [-0.3, -0.25) is 4.79 Å². The fraction of sp³-hybridized carbons (Fsp3) is 0.385. The van der Waals surface area contributed by atoms with Gasteiger partial charge in [-0.1, -0.05) is 12.1 Å². The van der Waals surface area contributed by atoms with Crippen LogP contribution in [0.4, 0.5) is 0 Å². The highest BCUT2D eigenvalue weighted by Gasteiger charge is 2.03. The minimum Gasteiger partial charge on any atom is -0.370 e. The Morgan fingerprint density at radius 3 is 2.50 bits per heavy atom. The van der Waals surface area contributed by atoms with Gasteiger partial charge in [-0.15, -0.1) is 0 Å². The zero-order chi connectivity index (χ0) is 13.5. The topological polar surface area (TPSA) is 84.7 Å². The van der Waals surface area contributed by atoms with Crippen LogP contribution in [-0.2, 0) is 6.54 Å². The zero-order valence-corrected chi connectivity index (χ0v) is 10.9. The van der Waals surface area contributed by atoms with Gasteiger partial charge >= 0.3 is 0 Å². The Bertz CT molecular complexity index is 438. The summed E-state index contributed by atoms with van der Waals surface area (Å²) in [4.78, 5) is 17.3. The maximum atomic E-state index is 11.0. The van der Waals surface area contributed by atoms with E-state index < -0.39 is 5.91 Å². The predicted octanol–water partition coefficient (Wildman–Crippen LogP) is 0.942. The van der Waals surface area contributed by atoms with Gasteiger partial charge in [0.05, 0.1) is 6.54 Å². The summed E-state index contributed by atoms with van der Waals surface area (Å²) in [7, 11) is 0. The fourth-order valence-corrected chi connectivity index (χ4v) is 1.64. The number of rotatable bonds is 5. The van der Waals surface area contributed by atoms with Crippen LogP contribution in [0.25, 0.3) is 0 Å². The van der Waals surface area contributed by atoms with E-state index in [9.17, 15) is 4.79 Å². The molecule has 0 aliphatic heterocycles. The molecule has 1 amide bonds. The summed E-state index contributed by atoms with van der Waals surface area (Å²) < 4.78 is 0. The van der Waals surface area contributed by atoms with Gasteiger partial charge in [-0.25, -0.2) is 4.99 Å². The van der Waals surface area contributed by atoms with Crippen LogP contribution >= 0.6 is 0 Å². The summed E-state index contributed by atoms with van der Waals surface area (Å²) in [5.41, 5.74) is 12.5. The average molecular weight is 248 g/mol. The molecule has 5 nitrogen and oxygen atoms in total. The molecule has 0 spiro atoms. The van der Waals surface area contributed by atoms with Crippen molar-refractivity contribution in [2.45, 2.75) is 20.4 Å². The van der Waals surface area contributed by atoms with Crippen molar-refractivity contribution in [2.75, 3.05) is 13.1 Å². The maximum absolute atomic E-state index is 11.0. The summed E-state index contributed by atoms with van der Waals surface area (Å²) in [5.74, 6) is 0.0852. The van der Waals surface area contributed by atoms with Gasteiger partial charge in [0.15, 0.2) is 5.96 Å². The largest absolute Gasteiger partial charge is 0.370 e. The third-order valence-corrected chi connectivity index (χ3v) is 2.72. The molecule has 0 saturated carbocycles. The molecule has 0 radical (unpaired) electrons. The minimum absolute atomic E-state index is 0.433. The van der Waals surface area contributed by atoms with Crippen LogP contribution in [0.15, 0.2) is 29.3 Å². The molecule has 5 heteroatoms. The molecule has 0 heterocycles. The number of hydrogen-bond acceptors (Lipinski definition) is 2. The monoisotopic (exact) mass is 248 g/mol. The second kappa shape index (κ2) is 6.64. The van der Waals surface area contributed by atoms with Crippen LogP contribution in [-0.4, -0.2) is 29.9 Å². The summed E-state index contributed by atoms with van der Waals surface area (Å²) in [5, 5.41) is 0. The molecular formula is C13H20N4O. The van der Waals surface area contributed by atoms with E-state index in [1.165, 1.54) is 0 Å². The van der Waals surface area contributed by atoms with E-state index in [0.717, 1.165) is 18.7 Å². The van der Waals surface area contributed by atoms with Crippen molar-refractivity contribution in [3.63, 3.8) is 0 Å². The molecule has 0 fully saturated rings. The van der Waals surface area contributed by atoms with Gasteiger partial charge in [-0.2, -0.15) is 0 Å². The number of hydrogen-bond donors (Lipinski definition) is 2. The standard InChI is InChI=1S/C13H20N4O/c1-3-17(4-2)13(15)16-9-10-6-5-7-11(8-10)12(14)18/h5-8H,3-4,9H2,1-2H3,(H2,14,18)(H2,15,16). The lowest BCUT2D eigenvalue weighted by molar-refractivity contribution is 0.1000. The zero-order valence-electron chi connectivity index (χ0n) is 10.9. The van der Waals surface area contributed by atoms with Gasteiger partial charge in [0.1, 0.15) is 0 Å². The number of carbonyl (C=O) groups excluding carboxylic acids is 1. The van der Waals surface area contributed by atoms with Gasteiger partial charge in [0.2, 0.25) is 5.91 Å². The van der Waals surface area contributed by atoms with Crippen molar-refractivity contribution in [1.82, 2.24) is 4.90 Å². The summed E-state index contributed by atoms with van der Waals surface area (Å²) in [6.45, 7) is 6.16. The molecule has 18 heavy (non-hydrogen) atoms. The van der Waals surface area contributed by atoms with Gasteiger partial charge < -0.3 is 16.4 Å². The molecular weight excluding hydrogens is 228 g/mol. The van der Waals surface area contributed by atoms with E-state index in [1.54, 1.807) is 18.2 Å². The third kappa shape index (κ3) is 3.76. The van der Waals surface area contributed by atoms with Crippen molar-refractivity contribution in [3.05, 3.63) is 35.4 Å². The van der Waals surface area contributed by atoms with Crippen molar-refractivity contribution in [3.8, 4) is 0 Å². The van der Waals surface area contributed by atoms with E-state index in [2.05, 4.69) is 4.99 Å². The Balaban J connectivity index is 2.76. The summed E-state index contributed by atoms with van der Waals surface area (Å²) >= 11 is 0. The normalized spacial score (nSPS) is 11.3. The van der Waals surface area contributed by atoms with E-state index in [-0.39, 0.29) is 0 Å². The number of carbonyl (C=O) groups is 1. The molecule has 1 aromatic rings. The lowest BCUT2D eigenvalue weighted by atomic mass is 10.1. The maximum Gasteiger partial charge on any atom is 0.248 e. The molecule has 1 rings (SSSR count). The highest BCUT2D eigenvalue weighted by Crippen LogP contribution is 2.06. The number of amides is 1. The molecule has 0 aliphatic rings. The lowest BCUT2D eigenvalue weighted by Gasteiger charge is -2.19. The second-order valence-electron chi connectivity index (χ2n) is 3.91. The van der Waals surface area contributed by atoms with Crippen molar-refractivity contribution in [2.24, 2.45) is 16.5 Å². The molecule has 0 atom stereocenters. The van der Waals surface area contributed by atoms with E-state index in [1.807, 2.05) is 24.8 Å². The first-order valence-corrected chi connectivity index (χ1v) is 6.02. The first kappa shape index (κ1) is 14.0. The molecule has 1 aromatic carbocycles. The second-order valence-corrected chi connectivity index (χ2v) is 3.91. The van der Waals surface area contributed by atoms with Crippen molar-refractivity contribution in [1.29, 1.82) is 0 Å². The SMILES string of the molecule is CCN(CC)C(N)=NCc1cccc(C(N)=O)c1. The smallest absolute Gasteiger partial charge is 0.248 e. The number of primary amides is 1. The van der Waals surface area contributed by atoms with Crippen LogP contribution in [0.5, 0.6) is 0 Å². The first-order valence-electron chi connectivity index (χ1n) is 6.02. The van der Waals surface area contributed by atoms with Crippen LogP contribution < -0.4 is 11.5 Å². The van der Waals surface area contributed by atoms with Crippen LogP contribution in [0.1, 0.15) is 29.8 Å². The van der Waals surface area contributed by atoms with Gasteiger partial charge in [0.25, 0.3) is 0 Å². The number of aliphatic imine (C=N–C) groups is 1. The Morgan fingerprint density at radius 1 is 1.28 bits per heavy atom. The summed E-state index contributed by atoms with van der Waals surface area (Å²) in [6, 6.07) is 7.11. The molecule has 0 unspecified atom stereocenters. The van der Waals surface area contributed by atoms with E-state index in [0.29, 0.717) is 18.1 Å². The molecule has 0 saturated heterocycles. The molecule has 0 bridgehead atoms. The lowest BCUT2D eigenvalue weighted by Crippen LogP contribution is -2.37. The van der Waals surface area contributed by atoms with Crippen LogP contribution in [0.2, 0.25) is 0 Å². The predicted molar refractivity (Wildman–Crippen MR) is 73.2 cm³/mol. The van der Waals surface area contributed by atoms with Crippen LogP contribution in [0.3, 0.4) is 0 Å². The van der Waals surface area contributed by atoms with E-state index in [4.69, 9.17) is 11.5 Å². The Morgan fingerprint density at radius 2 is 1.94 bits per heavy atom. The number of nitrogens with two attached hydrogens (primary N) is 2. The Kier molecular flexibility index (Phi) is 5.17. The van der Waals surface area contributed by atoms with Crippen molar-refractivity contribution < 1.29 is 4.79 Å². The molecule has 0 aromatic heterocycles. The van der Waals surface area contributed by atoms with Crippen molar-refractivity contribution >= 4 is 11.9 Å². The van der Waals surface area contributed by atoms with Crippen LogP contribution in [0, 0.1) is 0 Å². The molecule has 0 aliphatic carbocycles. The third-order valence-electron chi connectivity index (χ3n) is 2.72. The molecule has 98 valence electrons. The van der Waals surface area contributed by atoms with Gasteiger partial charge in [0, 0.05) is 18.7 Å². The fourth-order valence-electron chi connectivity index (χ4n) is 1.64.